The summed E-state index contributed by atoms with van der Waals surface area (Å²) in [4.78, 5) is 125. The minimum absolute atomic E-state index is 0.0191. The van der Waals surface area contributed by atoms with Crippen LogP contribution >= 0.6 is 0 Å². The van der Waals surface area contributed by atoms with Gasteiger partial charge in [0.1, 0.15) is 57.8 Å². The van der Waals surface area contributed by atoms with E-state index in [1.807, 2.05) is 73.6 Å². The lowest BCUT2D eigenvalue weighted by Crippen LogP contribution is -2.38. The molecule has 0 bridgehead atoms. The highest BCUT2D eigenvalue weighted by molar-refractivity contribution is 6.07. The summed E-state index contributed by atoms with van der Waals surface area (Å²) in [6.45, 7) is 44.5. The molecule has 0 spiro atoms. The average molecular weight is 1260 g/mol. The van der Waals surface area contributed by atoms with E-state index in [2.05, 4.69) is 75.1 Å². The summed E-state index contributed by atoms with van der Waals surface area (Å²) in [5, 5.41) is 0. The number of hydrogen-bond acceptors (Lipinski definition) is 10. The molecule has 0 rings (SSSR count). The van der Waals surface area contributed by atoms with E-state index in [0.29, 0.717) is 184 Å². The minimum atomic E-state index is -0.911. The lowest BCUT2D eigenvalue weighted by atomic mass is 9.71. The molecule has 0 fully saturated rings. The highest BCUT2D eigenvalue weighted by atomic mass is 16.2. The van der Waals surface area contributed by atoms with Crippen LogP contribution in [0.3, 0.4) is 0 Å². The van der Waals surface area contributed by atoms with E-state index in [-0.39, 0.29) is 68.7 Å². The van der Waals surface area contributed by atoms with Crippen molar-refractivity contribution in [1.82, 2.24) is 0 Å². The fourth-order valence-corrected chi connectivity index (χ4v) is 13.3. The summed E-state index contributed by atoms with van der Waals surface area (Å²) in [6.07, 6.45) is 33.1. The van der Waals surface area contributed by atoms with Crippen molar-refractivity contribution in [3.8, 4) is 0 Å². The van der Waals surface area contributed by atoms with E-state index in [1.54, 1.807) is 0 Å². The largest absolute Gasteiger partial charge is 0.300 e. The number of carbonyl (C=O) groups excluding carboxylic acids is 10. The van der Waals surface area contributed by atoms with Crippen LogP contribution in [0.15, 0.2) is 38.0 Å². The van der Waals surface area contributed by atoms with Gasteiger partial charge in [0.2, 0.25) is 0 Å². The molecule has 520 valence electrons. The SMILES string of the molecule is C=CC(CC)(CC)CC(=O)CCCCC(=O)C(CC)(CC)C(=O)CCCCC(=O)C(CC)CC.C=CC(CC)(CC)CC(=O)CCCCC(=O)C(CC)(CC)CC(=O)CCCCC(=O)C(CC)CC.C=CC(CC)(CC)CC(=O)CCCCC(=O)C(CC)CC. The van der Waals surface area contributed by atoms with E-state index in [1.165, 1.54) is 0 Å². The third kappa shape index (κ3) is 33.2. The molecule has 0 aromatic heterocycles. The zero-order valence-corrected chi connectivity index (χ0v) is 61.5. The predicted molar refractivity (Wildman–Crippen MR) is 379 cm³/mol. The average Bonchev–Trinajstić information content (AvgIpc) is 1.51. The van der Waals surface area contributed by atoms with Gasteiger partial charge in [-0.15, -0.1) is 19.7 Å². The van der Waals surface area contributed by atoms with Crippen LogP contribution < -0.4 is 0 Å². The molecular weight excluding hydrogens is 1120 g/mol. The van der Waals surface area contributed by atoms with Gasteiger partial charge >= 0.3 is 0 Å². The van der Waals surface area contributed by atoms with Crippen molar-refractivity contribution in [3.05, 3.63) is 38.0 Å². The van der Waals surface area contributed by atoms with Crippen molar-refractivity contribution in [3.63, 3.8) is 0 Å². The Balaban J connectivity index is -0.00000130. The second kappa shape index (κ2) is 51.3. The molecule has 10 nitrogen and oxygen atoms in total. The van der Waals surface area contributed by atoms with Gasteiger partial charge in [-0.1, -0.05) is 129 Å². The predicted octanol–water partition coefficient (Wildman–Crippen LogP) is 21.9. The van der Waals surface area contributed by atoms with E-state index in [0.717, 1.165) is 96.3 Å². The number of hydrogen-bond donors (Lipinski definition) is 0. The first-order chi connectivity index (χ1) is 42.7. The molecule has 0 unspecified atom stereocenters. The van der Waals surface area contributed by atoms with Crippen LogP contribution in [0.2, 0.25) is 0 Å². The number of ketones is 10. The number of rotatable bonds is 58. The smallest absolute Gasteiger partial charge is 0.146 e. The maximum absolute atomic E-state index is 13.1. The van der Waals surface area contributed by atoms with Gasteiger partial charge in [0.15, 0.2) is 0 Å². The van der Waals surface area contributed by atoms with Crippen LogP contribution in [0.4, 0.5) is 0 Å². The van der Waals surface area contributed by atoms with Gasteiger partial charge in [0, 0.05) is 113 Å². The Hall–Kier alpha value is -4.08. The highest BCUT2D eigenvalue weighted by Gasteiger charge is 2.41. The summed E-state index contributed by atoms with van der Waals surface area (Å²) in [7, 11) is 0. The second-order valence-corrected chi connectivity index (χ2v) is 26.7. The Morgan fingerprint density at radius 1 is 0.267 bits per heavy atom. The molecule has 0 aliphatic rings. The van der Waals surface area contributed by atoms with Gasteiger partial charge in [0.05, 0.1) is 5.41 Å². The monoisotopic (exact) mass is 1260 g/mol. The zero-order valence-electron chi connectivity index (χ0n) is 61.5. The molecule has 10 heteroatoms. The van der Waals surface area contributed by atoms with Gasteiger partial charge < -0.3 is 0 Å². The van der Waals surface area contributed by atoms with E-state index >= 15 is 0 Å². The topological polar surface area (TPSA) is 171 Å². The summed E-state index contributed by atoms with van der Waals surface area (Å²) < 4.78 is 0. The van der Waals surface area contributed by atoms with E-state index in [4.69, 9.17) is 0 Å². The Kier molecular flexibility index (Phi) is 51.4. The molecule has 0 aromatic rings. The number of allylic oxidation sites excluding steroid dienone is 3. The van der Waals surface area contributed by atoms with Crippen LogP contribution in [-0.4, -0.2) is 57.8 Å². The first-order valence-corrected chi connectivity index (χ1v) is 36.9. The van der Waals surface area contributed by atoms with Crippen LogP contribution in [0.5, 0.6) is 0 Å². The van der Waals surface area contributed by atoms with Crippen molar-refractivity contribution in [2.75, 3.05) is 0 Å². The van der Waals surface area contributed by atoms with Crippen molar-refractivity contribution in [2.24, 2.45) is 44.8 Å². The van der Waals surface area contributed by atoms with E-state index < -0.39 is 10.8 Å². The Morgan fingerprint density at radius 3 is 0.678 bits per heavy atom. The highest BCUT2D eigenvalue weighted by Crippen LogP contribution is 2.38. The number of Topliss-reactive ketones (excluding diaryl/α,β-unsaturated/α-hetero) is 10. The van der Waals surface area contributed by atoms with Gasteiger partial charge in [-0.05, 0) is 183 Å². The minimum Gasteiger partial charge on any atom is -0.300 e. The summed E-state index contributed by atoms with van der Waals surface area (Å²) in [5.74, 6) is 2.60. The van der Waals surface area contributed by atoms with Crippen LogP contribution in [-0.2, 0) is 47.9 Å². The first kappa shape index (κ1) is 90.1. The fraction of sp³-hybridized carbons (Fsp3) is 0.800. The van der Waals surface area contributed by atoms with Crippen LogP contribution in [0, 0.1) is 44.8 Å². The fourth-order valence-electron chi connectivity index (χ4n) is 13.3. The Morgan fingerprint density at radius 2 is 0.478 bits per heavy atom. The third-order valence-corrected chi connectivity index (χ3v) is 21.8. The molecule has 0 saturated carbocycles. The number of carbonyl (C=O) groups is 10. The maximum Gasteiger partial charge on any atom is 0.146 e. The Bertz CT molecular complexity index is 2090. The van der Waals surface area contributed by atoms with Crippen LogP contribution in [0.1, 0.15) is 368 Å². The molecule has 0 radical (unpaired) electrons. The normalized spacial score (nSPS) is 12.0. The molecule has 0 amide bonds. The molecule has 0 N–H and O–H groups in total. The quantitative estimate of drug-likeness (QED) is 0.0324. The molecule has 0 aromatic carbocycles. The first-order valence-electron chi connectivity index (χ1n) is 36.9. The number of unbranched alkanes of at least 4 members (excludes halogenated alkanes) is 5. The molecule has 0 atom stereocenters. The molecule has 0 saturated heterocycles. The summed E-state index contributed by atoms with van der Waals surface area (Å²) in [6, 6.07) is 0. The van der Waals surface area contributed by atoms with Crippen molar-refractivity contribution < 1.29 is 47.9 Å². The maximum atomic E-state index is 13.1. The van der Waals surface area contributed by atoms with Crippen molar-refractivity contribution in [1.29, 1.82) is 0 Å². The van der Waals surface area contributed by atoms with Crippen LogP contribution in [0.25, 0.3) is 0 Å². The molecule has 0 aliphatic heterocycles. The van der Waals surface area contributed by atoms with Gasteiger partial charge in [0.25, 0.3) is 0 Å². The van der Waals surface area contributed by atoms with Gasteiger partial charge in [-0.3, -0.25) is 47.9 Å². The Labute approximate surface area is 553 Å². The standard InChI is InChI=1S/C31H54O4.C30H52O4.C19H34O2/c1-8-25(9-2)28(34)21-17-15-20-27(33)24-31(13-6,14-7)29(35)22-18-16-19-26(32)23-30(10-3,11-4)12-5;1-8-24(9-2)26(32)20-16-18-22-28(34)30(13-6,14-7)27(33)21-17-15-19-25(31)23-29(10-3,11-4)12-5;1-6-16(7-2)18(21)14-12-11-13-17(20)15-19(8-3,9-4)10-5/h10,25H,3,8-9,11-24H2,1-2,4-7H3;10,24H,3,8-9,11-23H2,1-2,4-7H3;8,16H,3,6-7,9-15H2,1-2,4-5H3. The second-order valence-electron chi connectivity index (χ2n) is 26.7. The zero-order chi connectivity index (χ0) is 69.4. The van der Waals surface area contributed by atoms with E-state index in [9.17, 15) is 47.9 Å². The third-order valence-electron chi connectivity index (χ3n) is 21.8. The molecule has 90 heavy (non-hydrogen) atoms. The molecule has 0 aliphatic carbocycles. The van der Waals surface area contributed by atoms with Gasteiger partial charge in [-0.25, -0.2) is 0 Å². The molecule has 0 heterocycles. The van der Waals surface area contributed by atoms with Crippen molar-refractivity contribution >= 4 is 57.8 Å². The summed E-state index contributed by atoms with van der Waals surface area (Å²) in [5.41, 5.74) is -1.74. The lowest BCUT2D eigenvalue weighted by molar-refractivity contribution is -0.142. The van der Waals surface area contributed by atoms with Gasteiger partial charge in [-0.2, -0.15) is 0 Å². The lowest BCUT2D eigenvalue weighted by Gasteiger charge is -2.30. The van der Waals surface area contributed by atoms with Crippen molar-refractivity contribution in [2.45, 2.75) is 368 Å². The summed E-state index contributed by atoms with van der Waals surface area (Å²) >= 11 is 0. The molecular formula is C80H140O10.